The highest BCUT2D eigenvalue weighted by atomic mass is 32.2. The Kier molecular flexibility index (Phi) is 8.04. The van der Waals surface area contributed by atoms with Crippen LogP contribution in [0.25, 0.3) is 0 Å². The van der Waals surface area contributed by atoms with Crippen molar-refractivity contribution in [1.82, 2.24) is 5.32 Å². The third kappa shape index (κ3) is 8.67. The molecule has 1 atom stereocenters. The average Bonchev–Trinajstić information content (AvgIpc) is 2.66. The molecule has 31 heavy (non-hydrogen) atoms. The van der Waals surface area contributed by atoms with E-state index in [-0.39, 0.29) is 23.5 Å². The highest BCUT2D eigenvalue weighted by Gasteiger charge is 2.21. The first-order valence-electron chi connectivity index (χ1n) is 9.74. The van der Waals surface area contributed by atoms with Crippen LogP contribution in [-0.4, -0.2) is 37.2 Å². The molecule has 0 aliphatic heterocycles. The van der Waals surface area contributed by atoms with Gasteiger partial charge in [0.05, 0.1) is 0 Å². The second-order valence-electron chi connectivity index (χ2n) is 7.97. The number of ether oxygens (including phenoxy) is 1. The predicted molar refractivity (Wildman–Crippen MR) is 114 cm³/mol. The Morgan fingerprint density at radius 2 is 1.65 bits per heavy atom. The maximum Gasteiger partial charge on any atom is 0.407 e. The van der Waals surface area contributed by atoms with E-state index in [0.717, 1.165) is 5.56 Å². The van der Waals surface area contributed by atoms with Gasteiger partial charge in [-0.05, 0) is 63.4 Å². The number of amides is 1. The maximum atomic E-state index is 12.3. The number of carbonyl (C=O) groups excluding carboxylic acids is 1. The number of alkyl carbamates (subject to hydrolysis) is 1. The number of benzene rings is 2. The molecule has 168 valence electrons. The molecule has 2 aromatic rings. The Labute approximate surface area is 182 Å². The third-order valence-electron chi connectivity index (χ3n) is 4.07. The summed E-state index contributed by atoms with van der Waals surface area (Å²) in [5, 5.41) is 11.7. The van der Waals surface area contributed by atoms with E-state index >= 15 is 0 Å². The van der Waals surface area contributed by atoms with Gasteiger partial charge in [-0.15, -0.1) is 0 Å². The fourth-order valence-corrected chi connectivity index (χ4v) is 3.68. The highest BCUT2D eigenvalue weighted by molar-refractivity contribution is 7.87. The van der Waals surface area contributed by atoms with Crippen molar-refractivity contribution in [3.63, 3.8) is 0 Å². The van der Waals surface area contributed by atoms with Gasteiger partial charge in [-0.3, -0.25) is 4.79 Å². The average molecular weight is 450 g/mol. The summed E-state index contributed by atoms with van der Waals surface area (Å²) in [6.45, 7) is 5.21. The van der Waals surface area contributed by atoms with Gasteiger partial charge in [0.2, 0.25) is 0 Å². The lowest BCUT2D eigenvalue weighted by Gasteiger charge is -2.23. The van der Waals surface area contributed by atoms with Crippen LogP contribution in [0.5, 0.6) is 5.75 Å². The van der Waals surface area contributed by atoms with Crippen molar-refractivity contribution >= 4 is 22.2 Å². The van der Waals surface area contributed by atoms with E-state index in [1.807, 2.05) is 0 Å². The molecule has 0 bridgehead atoms. The van der Waals surface area contributed by atoms with Crippen LogP contribution >= 0.6 is 0 Å². The first-order chi connectivity index (χ1) is 14.4. The van der Waals surface area contributed by atoms with Crippen LogP contribution in [0.1, 0.15) is 39.2 Å². The van der Waals surface area contributed by atoms with Crippen LogP contribution in [-0.2, 0) is 26.1 Å². The van der Waals surface area contributed by atoms with Gasteiger partial charge in [0.1, 0.15) is 16.2 Å². The molecule has 0 radical (unpaired) electrons. The Bertz CT molecular complexity index is 981. The summed E-state index contributed by atoms with van der Waals surface area (Å²) in [6, 6.07) is 13.7. The van der Waals surface area contributed by atoms with Gasteiger partial charge >= 0.3 is 22.2 Å². The van der Waals surface area contributed by atoms with E-state index in [1.54, 1.807) is 51.1 Å². The minimum absolute atomic E-state index is 0.0503. The SMILES string of the molecule is CC(C)(C)OC(=O)NC(CCC(=O)O)Cc1ccc(OS(=O)(=O)c2ccccc2)cc1. The molecule has 0 aliphatic carbocycles. The van der Waals surface area contributed by atoms with E-state index in [2.05, 4.69) is 5.32 Å². The van der Waals surface area contributed by atoms with Crippen LogP contribution in [0.2, 0.25) is 0 Å². The van der Waals surface area contributed by atoms with Crippen LogP contribution in [0, 0.1) is 0 Å². The number of carbonyl (C=O) groups is 2. The van der Waals surface area contributed by atoms with Gasteiger partial charge in [-0.2, -0.15) is 8.42 Å². The number of carboxylic acid groups (broad SMARTS) is 1. The summed E-state index contributed by atoms with van der Waals surface area (Å²) in [7, 11) is -3.94. The highest BCUT2D eigenvalue weighted by Crippen LogP contribution is 2.20. The van der Waals surface area contributed by atoms with Gasteiger partial charge in [-0.1, -0.05) is 30.3 Å². The molecule has 0 heterocycles. The zero-order chi connectivity index (χ0) is 23.1. The monoisotopic (exact) mass is 449 g/mol. The molecule has 0 saturated heterocycles. The van der Waals surface area contributed by atoms with E-state index in [0.29, 0.717) is 6.42 Å². The predicted octanol–water partition coefficient (Wildman–Crippen LogP) is 3.75. The second-order valence-corrected chi connectivity index (χ2v) is 9.52. The molecule has 0 fully saturated rings. The maximum absolute atomic E-state index is 12.3. The largest absolute Gasteiger partial charge is 0.481 e. The molecule has 0 spiro atoms. The van der Waals surface area contributed by atoms with Crippen molar-refractivity contribution in [3.05, 3.63) is 60.2 Å². The van der Waals surface area contributed by atoms with Crippen LogP contribution in [0.3, 0.4) is 0 Å². The van der Waals surface area contributed by atoms with Crippen molar-refractivity contribution in [2.75, 3.05) is 0 Å². The first kappa shape index (κ1) is 24.2. The summed E-state index contributed by atoms with van der Waals surface area (Å²) < 4.78 is 35.0. The normalized spacial score (nSPS) is 12.6. The van der Waals surface area contributed by atoms with Gasteiger partial charge in [-0.25, -0.2) is 4.79 Å². The van der Waals surface area contributed by atoms with Crippen LogP contribution in [0.4, 0.5) is 4.79 Å². The van der Waals surface area contributed by atoms with E-state index in [1.165, 1.54) is 24.3 Å². The first-order valence-corrected chi connectivity index (χ1v) is 11.2. The molecule has 0 aliphatic rings. The Balaban J connectivity index is 2.05. The number of carboxylic acids is 1. The number of aliphatic carboxylic acids is 1. The van der Waals surface area contributed by atoms with Crippen molar-refractivity contribution in [2.45, 2.75) is 56.6 Å². The number of nitrogens with one attached hydrogen (secondary N) is 1. The fraction of sp³-hybridized carbons (Fsp3) is 0.364. The Morgan fingerprint density at radius 1 is 1.03 bits per heavy atom. The lowest BCUT2D eigenvalue weighted by atomic mass is 10.0. The van der Waals surface area contributed by atoms with Crippen LogP contribution < -0.4 is 9.50 Å². The van der Waals surface area contributed by atoms with Crippen molar-refractivity contribution < 1.29 is 32.0 Å². The number of rotatable bonds is 9. The lowest BCUT2D eigenvalue weighted by molar-refractivity contribution is -0.137. The molecule has 8 nitrogen and oxygen atoms in total. The fourth-order valence-electron chi connectivity index (χ4n) is 2.72. The zero-order valence-corrected chi connectivity index (χ0v) is 18.5. The summed E-state index contributed by atoms with van der Waals surface area (Å²) in [5.41, 5.74) is 0.0981. The summed E-state index contributed by atoms with van der Waals surface area (Å²) >= 11 is 0. The molecule has 0 saturated carbocycles. The molecule has 0 aromatic heterocycles. The zero-order valence-electron chi connectivity index (χ0n) is 17.7. The second kappa shape index (κ2) is 10.3. The van der Waals surface area contributed by atoms with E-state index < -0.39 is 33.8 Å². The molecule has 2 N–H and O–H groups in total. The molecule has 9 heteroatoms. The van der Waals surface area contributed by atoms with Crippen molar-refractivity contribution in [2.24, 2.45) is 0 Å². The number of hydrogen-bond acceptors (Lipinski definition) is 6. The Hall–Kier alpha value is -3.07. The molecule has 2 rings (SSSR count). The van der Waals surface area contributed by atoms with Crippen LogP contribution in [0.15, 0.2) is 59.5 Å². The molecular weight excluding hydrogens is 422 g/mol. The van der Waals surface area contributed by atoms with E-state index in [9.17, 15) is 18.0 Å². The third-order valence-corrected chi connectivity index (χ3v) is 5.33. The lowest BCUT2D eigenvalue weighted by Crippen LogP contribution is -2.40. The minimum Gasteiger partial charge on any atom is -0.481 e. The van der Waals surface area contributed by atoms with Gasteiger partial charge < -0.3 is 19.3 Å². The smallest absolute Gasteiger partial charge is 0.407 e. The quantitative estimate of drug-likeness (QED) is 0.560. The minimum atomic E-state index is -3.94. The summed E-state index contributed by atoms with van der Waals surface area (Å²) in [5.74, 6) is -0.819. The summed E-state index contributed by atoms with van der Waals surface area (Å²) in [6.07, 6.45) is -0.179. The molecule has 1 unspecified atom stereocenters. The van der Waals surface area contributed by atoms with Crippen molar-refractivity contribution in [3.8, 4) is 5.75 Å². The standard InChI is InChI=1S/C22H27NO7S/c1-22(2,3)29-21(26)23-17(11-14-20(24)25)15-16-9-12-18(13-10-16)30-31(27,28)19-7-5-4-6-8-19/h4-10,12-13,17H,11,14-15H2,1-3H3,(H,23,26)(H,24,25). The van der Waals surface area contributed by atoms with Gasteiger partial charge in [0.15, 0.2) is 0 Å². The van der Waals surface area contributed by atoms with E-state index in [4.69, 9.17) is 14.0 Å². The molecular formula is C22H27NO7S. The summed E-state index contributed by atoms with van der Waals surface area (Å²) in [4.78, 5) is 23.1. The molecule has 2 aromatic carbocycles. The van der Waals surface area contributed by atoms with Gasteiger partial charge in [0, 0.05) is 12.5 Å². The number of hydrogen-bond donors (Lipinski definition) is 2. The van der Waals surface area contributed by atoms with Gasteiger partial charge in [0.25, 0.3) is 0 Å². The Morgan fingerprint density at radius 3 is 2.19 bits per heavy atom. The molecule has 1 amide bonds. The van der Waals surface area contributed by atoms with Crippen molar-refractivity contribution in [1.29, 1.82) is 0 Å². The topological polar surface area (TPSA) is 119 Å².